The summed E-state index contributed by atoms with van der Waals surface area (Å²) in [6, 6.07) is 0. The highest BCUT2D eigenvalue weighted by molar-refractivity contribution is 6.74. The second kappa shape index (κ2) is 7.98. The van der Waals surface area contributed by atoms with E-state index in [9.17, 15) is 0 Å². The number of hydrogen-bond acceptors (Lipinski definition) is 5. The first-order chi connectivity index (χ1) is 12.9. The molecule has 0 unspecified atom stereocenters. The molecule has 3 aliphatic heterocycles. The van der Waals surface area contributed by atoms with Crippen LogP contribution in [-0.2, 0) is 18.6 Å². The molecular formula is C21H38FNO4Si. The highest BCUT2D eigenvalue weighted by atomic mass is 28.4. The van der Waals surface area contributed by atoms with E-state index in [1.165, 1.54) is 6.42 Å². The quantitative estimate of drug-likeness (QED) is 0.614. The van der Waals surface area contributed by atoms with E-state index in [2.05, 4.69) is 38.8 Å². The third-order valence-electron chi connectivity index (χ3n) is 6.53. The maximum atomic E-state index is 15.2. The molecule has 3 heterocycles. The van der Waals surface area contributed by atoms with Gasteiger partial charge >= 0.3 is 0 Å². The van der Waals surface area contributed by atoms with Crippen LogP contribution in [0.3, 0.4) is 0 Å². The van der Waals surface area contributed by atoms with Gasteiger partial charge in [0.2, 0.25) is 0 Å². The van der Waals surface area contributed by atoms with E-state index in [1.54, 1.807) is 0 Å². The van der Waals surface area contributed by atoms with Gasteiger partial charge in [-0.05, 0) is 57.9 Å². The summed E-state index contributed by atoms with van der Waals surface area (Å²) in [5.74, 6) is -0.664. The van der Waals surface area contributed by atoms with Crippen molar-refractivity contribution in [3.63, 3.8) is 0 Å². The van der Waals surface area contributed by atoms with Gasteiger partial charge in [0.15, 0.2) is 31.8 Å². The smallest absolute Gasteiger partial charge is 0.192 e. The van der Waals surface area contributed by atoms with Crippen LogP contribution >= 0.6 is 0 Å². The zero-order chi connectivity index (χ0) is 20.7. The number of piperidine rings is 1. The first-order valence-corrected chi connectivity index (χ1v) is 13.6. The molecule has 0 aliphatic carbocycles. The maximum Gasteiger partial charge on any atom is 0.192 e. The molecule has 0 aromatic carbocycles. The molecule has 0 radical (unpaired) electrons. The van der Waals surface area contributed by atoms with Gasteiger partial charge < -0.3 is 18.6 Å². The van der Waals surface area contributed by atoms with Gasteiger partial charge in [0.25, 0.3) is 0 Å². The topological polar surface area (TPSA) is 40.2 Å². The normalized spacial score (nSPS) is 32.9. The van der Waals surface area contributed by atoms with Crippen molar-refractivity contribution in [2.45, 2.75) is 96.1 Å². The minimum atomic E-state index is -1.93. The molecule has 0 N–H and O–H groups in total. The fourth-order valence-electron chi connectivity index (χ4n) is 3.81. The van der Waals surface area contributed by atoms with Gasteiger partial charge in [0.1, 0.15) is 12.2 Å². The van der Waals surface area contributed by atoms with E-state index < -0.39 is 20.2 Å². The molecular weight excluding hydrogens is 377 g/mol. The number of nitrogens with zero attached hydrogens (tertiary/aromatic N) is 1. The lowest BCUT2D eigenvalue weighted by molar-refractivity contribution is -0.169. The third kappa shape index (κ3) is 4.81. The molecule has 0 saturated carbocycles. The molecule has 0 aromatic rings. The standard InChI is InChI=1S/C21H38FNO4Si/c1-20(2,3)28(6,7)24-14-16-18-19(27-21(4,5)26-18)17(25-16)15(22)13-23-11-9-8-10-12-23/h16,18-19H,8-14H2,1-7H3/b17-15-/t16-,18-,19+/m1/s1. The summed E-state index contributed by atoms with van der Waals surface area (Å²) < 4.78 is 39.7. The molecule has 7 heteroatoms. The molecule has 3 saturated heterocycles. The van der Waals surface area contributed by atoms with Crippen molar-refractivity contribution in [2.24, 2.45) is 0 Å². The van der Waals surface area contributed by atoms with Crippen molar-refractivity contribution in [1.29, 1.82) is 0 Å². The van der Waals surface area contributed by atoms with Crippen LogP contribution in [-0.4, -0.2) is 63.6 Å². The van der Waals surface area contributed by atoms with Gasteiger partial charge in [0.05, 0.1) is 13.2 Å². The molecule has 3 rings (SSSR count). The molecule has 28 heavy (non-hydrogen) atoms. The van der Waals surface area contributed by atoms with Gasteiger partial charge in [-0.15, -0.1) is 0 Å². The van der Waals surface area contributed by atoms with Gasteiger partial charge in [-0.3, -0.25) is 4.90 Å². The molecule has 5 nitrogen and oxygen atoms in total. The van der Waals surface area contributed by atoms with Gasteiger partial charge in [-0.2, -0.15) is 0 Å². The van der Waals surface area contributed by atoms with E-state index >= 15 is 4.39 Å². The predicted octanol–water partition coefficient (Wildman–Crippen LogP) is 4.59. The zero-order valence-electron chi connectivity index (χ0n) is 18.6. The lowest BCUT2D eigenvalue weighted by atomic mass is 10.1. The van der Waals surface area contributed by atoms with Crippen molar-refractivity contribution in [1.82, 2.24) is 4.90 Å². The lowest BCUT2D eigenvalue weighted by Crippen LogP contribution is -2.44. The van der Waals surface area contributed by atoms with Crippen LogP contribution in [0, 0.1) is 0 Å². The Labute approximate surface area is 170 Å². The molecule has 0 bridgehead atoms. The van der Waals surface area contributed by atoms with Crippen molar-refractivity contribution < 1.29 is 23.0 Å². The zero-order valence-corrected chi connectivity index (χ0v) is 19.6. The largest absolute Gasteiger partial charge is 0.484 e. The summed E-state index contributed by atoms with van der Waals surface area (Å²) in [6.07, 6.45) is 2.32. The fraction of sp³-hybridized carbons (Fsp3) is 0.905. The van der Waals surface area contributed by atoms with Crippen LogP contribution < -0.4 is 0 Å². The van der Waals surface area contributed by atoms with Crippen molar-refractivity contribution in [3.8, 4) is 0 Å². The van der Waals surface area contributed by atoms with Crippen LogP contribution in [0.5, 0.6) is 0 Å². The van der Waals surface area contributed by atoms with E-state index in [0.717, 1.165) is 25.9 Å². The average molecular weight is 416 g/mol. The van der Waals surface area contributed by atoms with Crippen LogP contribution in [0.1, 0.15) is 53.9 Å². The molecule has 3 aliphatic rings. The second-order valence-electron chi connectivity index (χ2n) is 10.4. The van der Waals surface area contributed by atoms with Gasteiger partial charge in [-0.1, -0.05) is 27.2 Å². The Hall–Kier alpha value is -0.473. The Morgan fingerprint density at radius 3 is 2.43 bits per heavy atom. The van der Waals surface area contributed by atoms with E-state index in [4.69, 9.17) is 18.6 Å². The van der Waals surface area contributed by atoms with Crippen LogP contribution in [0.4, 0.5) is 4.39 Å². The van der Waals surface area contributed by atoms with E-state index in [1.807, 2.05) is 13.8 Å². The lowest BCUT2D eigenvalue weighted by Gasteiger charge is -2.37. The number of halogens is 1. The number of likely N-dealkylation sites (tertiary alicyclic amines) is 1. The predicted molar refractivity (Wildman–Crippen MR) is 110 cm³/mol. The van der Waals surface area contributed by atoms with Crippen LogP contribution in [0.25, 0.3) is 0 Å². The van der Waals surface area contributed by atoms with Crippen molar-refractivity contribution in [2.75, 3.05) is 26.2 Å². The molecule has 162 valence electrons. The van der Waals surface area contributed by atoms with Crippen LogP contribution in [0.2, 0.25) is 18.1 Å². The molecule has 0 amide bonds. The van der Waals surface area contributed by atoms with Crippen molar-refractivity contribution in [3.05, 3.63) is 11.6 Å². The van der Waals surface area contributed by atoms with Crippen molar-refractivity contribution >= 4 is 8.32 Å². The molecule has 3 fully saturated rings. The summed E-state index contributed by atoms with van der Waals surface area (Å²) in [5, 5.41) is 0.107. The Morgan fingerprint density at radius 1 is 1.18 bits per heavy atom. The summed E-state index contributed by atoms with van der Waals surface area (Å²) in [4.78, 5) is 2.16. The monoisotopic (exact) mass is 415 g/mol. The highest BCUT2D eigenvalue weighted by Crippen LogP contribution is 2.43. The third-order valence-corrected chi connectivity index (χ3v) is 11.0. The molecule has 0 aromatic heterocycles. The van der Waals surface area contributed by atoms with Gasteiger partial charge in [0, 0.05) is 0 Å². The summed E-state index contributed by atoms with van der Waals surface area (Å²) in [7, 11) is -1.93. The minimum Gasteiger partial charge on any atom is -0.484 e. The Balaban J connectivity index is 1.73. The number of fused-ring (bicyclic) bond motifs is 1. The maximum absolute atomic E-state index is 15.2. The second-order valence-corrected chi connectivity index (χ2v) is 15.2. The fourth-order valence-corrected chi connectivity index (χ4v) is 4.82. The summed E-state index contributed by atoms with van der Waals surface area (Å²) in [5.41, 5.74) is 0. The average Bonchev–Trinajstić information content (AvgIpc) is 3.06. The summed E-state index contributed by atoms with van der Waals surface area (Å²) in [6.45, 7) is 17.4. The number of ether oxygens (including phenoxy) is 3. The number of rotatable bonds is 5. The van der Waals surface area contributed by atoms with Gasteiger partial charge in [-0.25, -0.2) is 4.39 Å². The Bertz CT molecular complexity index is 596. The highest BCUT2D eigenvalue weighted by Gasteiger charge is 2.55. The van der Waals surface area contributed by atoms with E-state index in [-0.39, 0.29) is 29.6 Å². The molecule has 3 atom stereocenters. The Morgan fingerprint density at radius 2 is 1.82 bits per heavy atom. The van der Waals surface area contributed by atoms with E-state index in [0.29, 0.717) is 12.4 Å². The van der Waals surface area contributed by atoms with Crippen LogP contribution in [0.15, 0.2) is 11.6 Å². The minimum absolute atomic E-state index is 0.107. The first kappa shape index (κ1) is 22.2. The Kier molecular flexibility index (Phi) is 6.34. The SMILES string of the molecule is CC1(C)O[C@@H]2[C@@H](CO[Si](C)(C)C(C)(C)C)O/C(=C(\F)CN3CCCCC3)[C@@H]2O1. The first-order valence-electron chi connectivity index (χ1n) is 10.7. The summed E-state index contributed by atoms with van der Waals surface area (Å²) >= 11 is 0. The number of hydrogen-bond donors (Lipinski definition) is 0. The molecule has 0 spiro atoms.